The molecule has 2 saturated heterocycles. The minimum absolute atomic E-state index is 0.145. The summed E-state index contributed by atoms with van der Waals surface area (Å²) in [6.45, 7) is 3.38. The van der Waals surface area contributed by atoms with E-state index in [0.29, 0.717) is 19.6 Å². The van der Waals surface area contributed by atoms with Gasteiger partial charge in [0.1, 0.15) is 30.3 Å². The molecule has 0 aliphatic carbocycles. The van der Waals surface area contributed by atoms with E-state index in [4.69, 9.17) is 33.3 Å². The normalized spacial score (nSPS) is 26.3. The predicted octanol–water partition coefficient (Wildman–Crippen LogP) is 6.89. The second kappa shape index (κ2) is 18.0. The van der Waals surface area contributed by atoms with Crippen LogP contribution in [-0.2, 0) is 64.5 Å². The Kier molecular flexibility index (Phi) is 13.0. The SMILES string of the molecule is CCC[C@H]1[C@H](C(=O)OC)[C@@]2(O[C@H](COCc3ccccc3)[C@@H](OCc3ccccc3)[C@H](OCc3ccccc3)[C@H]2OCc2ccccc2)ON1C. The third-order valence-electron chi connectivity index (χ3n) is 9.57. The fourth-order valence-corrected chi connectivity index (χ4v) is 7.11. The van der Waals surface area contributed by atoms with Gasteiger partial charge in [0.25, 0.3) is 0 Å². The lowest BCUT2D eigenvalue weighted by Crippen LogP contribution is -2.70. The van der Waals surface area contributed by atoms with Gasteiger partial charge in [0, 0.05) is 7.05 Å². The van der Waals surface area contributed by atoms with Crippen molar-refractivity contribution in [3.05, 3.63) is 144 Å². The number of ether oxygens (including phenoxy) is 6. The maximum Gasteiger partial charge on any atom is 0.316 e. The Morgan fingerprint density at radius 1 is 0.686 bits per heavy atom. The van der Waals surface area contributed by atoms with Crippen molar-refractivity contribution >= 4 is 5.97 Å². The number of nitrogens with zero attached hydrogens (tertiary/aromatic N) is 1. The molecular formula is C42H49NO8. The third-order valence-corrected chi connectivity index (χ3v) is 9.57. The quantitative estimate of drug-likeness (QED) is 0.116. The molecule has 270 valence electrons. The number of hydroxylamine groups is 2. The van der Waals surface area contributed by atoms with Gasteiger partial charge in [0.2, 0.25) is 5.79 Å². The summed E-state index contributed by atoms with van der Waals surface area (Å²) in [5.74, 6) is -2.92. The molecule has 0 N–H and O–H groups in total. The van der Waals surface area contributed by atoms with Crippen LogP contribution in [0.3, 0.4) is 0 Å². The predicted molar refractivity (Wildman–Crippen MR) is 192 cm³/mol. The second-order valence-electron chi connectivity index (χ2n) is 13.1. The van der Waals surface area contributed by atoms with Crippen LogP contribution in [0.2, 0.25) is 0 Å². The van der Waals surface area contributed by atoms with Crippen molar-refractivity contribution in [1.82, 2.24) is 5.06 Å². The van der Waals surface area contributed by atoms with Gasteiger partial charge in [0.05, 0.1) is 46.2 Å². The van der Waals surface area contributed by atoms with E-state index in [1.54, 1.807) is 5.06 Å². The van der Waals surface area contributed by atoms with Gasteiger partial charge >= 0.3 is 5.97 Å². The second-order valence-corrected chi connectivity index (χ2v) is 13.1. The molecule has 4 aromatic carbocycles. The number of esters is 1. The summed E-state index contributed by atoms with van der Waals surface area (Å²) in [6.07, 6.45) is -1.56. The lowest BCUT2D eigenvalue weighted by atomic mass is 9.80. The summed E-state index contributed by atoms with van der Waals surface area (Å²) in [4.78, 5) is 20.7. The molecule has 0 bridgehead atoms. The fourth-order valence-electron chi connectivity index (χ4n) is 7.11. The monoisotopic (exact) mass is 695 g/mol. The zero-order valence-corrected chi connectivity index (χ0v) is 29.7. The van der Waals surface area contributed by atoms with Crippen molar-refractivity contribution in [3.8, 4) is 0 Å². The standard InChI is InChI=1S/C42H49NO8/c1-4-17-35-37(41(44)45-3)42(51-43(35)2)40(49-29-34-24-15-8-16-25-34)39(48-28-33-22-13-7-14-23-33)38(47-27-32-20-11-6-12-21-32)36(50-42)30-46-26-31-18-9-5-10-19-31/h5-16,18-25,35-40H,4,17,26-30H2,1-3H3/t35-,36+,37+,38+,39-,40+,42+/m0/s1. The summed E-state index contributed by atoms with van der Waals surface area (Å²) >= 11 is 0. The van der Waals surface area contributed by atoms with Crippen molar-refractivity contribution in [3.63, 3.8) is 0 Å². The molecule has 4 aromatic rings. The summed E-state index contributed by atoms with van der Waals surface area (Å²) in [7, 11) is 3.23. The largest absolute Gasteiger partial charge is 0.469 e. The van der Waals surface area contributed by atoms with E-state index in [9.17, 15) is 4.79 Å². The minimum atomic E-state index is -1.62. The summed E-state index contributed by atoms with van der Waals surface area (Å²) < 4.78 is 39.5. The smallest absolute Gasteiger partial charge is 0.316 e. The molecule has 1 spiro atoms. The molecule has 6 rings (SSSR count). The Hall–Kier alpha value is -3.93. The molecule has 51 heavy (non-hydrogen) atoms. The lowest BCUT2D eigenvalue weighted by molar-refractivity contribution is -0.411. The van der Waals surface area contributed by atoms with Gasteiger partial charge in [-0.25, -0.2) is 0 Å². The van der Waals surface area contributed by atoms with E-state index >= 15 is 0 Å². The van der Waals surface area contributed by atoms with Crippen molar-refractivity contribution in [1.29, 1.82) is 0 Å². The minimum Gasteiger partial charge on any atom is -0.469 e. The van der Waals surface area contributed by atoms with Crippen LogP contribution in [0.15, 0.2) is 121 Å². The third kappa shape index (κ3) is 8.94. The van der Waals surface area contributed by atoms with Gasteiger partial charge in [0.15, 0.2) is 0 Å². The van der Waals surface area contributed by atoms with Crippen LogP contribution in [-0.4, -0.2) is 68.0 Å². The van der Waals surface area contributed by atoms with Gasteiger partial charge in [-0.2, -0.15) is 5.06 Å². The molecule has 7 atom stereocenters. The first kappa shape index (κ1) is 36.8. The first-order valence-corrected chi connectivity index (χ1v) is 17.8. The molecule has 2 heterocycles. The highest BCUT2D eigenvalue weighted by Crippen LogP contribution is 2.49. The first-order chi connectivity index (χ1) is 25.0. The molecule has 2 aliphatic heterocycles. The van der Waals surface area contributed by atoms with E-state index in [1.807, 2.05) is 128 Å². The Bertz CT molecular complexity index is 1610. The number of hydrogen-bond acceptors (Lipinski definition) is 9. The van der Waals surface area contributed by atoms with Crippen LogP contribution >= 0.6 is 0 Å². The number of benzene rings is 4. The van der Waals surface area contributed by atoms with Crippen LogP contribution < -0.4 is 0 Å². The van der Waals surface area contributed by atoms with Crippen LogP contribution in [0.1, 0.15) is 42.0 Å². The molecule has 9 heteroatoms. The Morgan fingerprint density at radius 3 is 1.65 bits per heavy atom. The highest BCUT2D eigenvalue weighted by Gasteiger charge is 2.69. The fraction of sp³-hybridized carbons (Fsp3) is 0.405. The van der Waals surface area contributed by atoms with Crippen LogP contribution in [0.4, 0.5) is 0 Å². The maximum absolute atomic E-state index is 14.0. The van der Waals surface area contributed by atoms with Crippen molar-refractivity contribution in [2.24, 2.45) is 5.92 Å². The van der Waals surface area contributed by atoms with Gasteiger partial charge in [-0.3, -0.25) is 9.63 Å². The van der Waals surface area contributed by atoms with E-state index in [1.165, 1.54) is 7.11 Å². The molecule has 0 aromatic heterocycles. The molecule has 0 unspecified atom stereocenters. The van der Waals surface area contributed by atoms with Gasteiger partial charge in [-0.05, 0) is 28.7 Å². The molecule has 9 nitrogen and oxygen atoms in total. The Labute approximate surface area is 301 Å². The maximum atomic E-state index is 14.0. The van der Waals surface area contributed by atoms with Gasteiger partial charge < -0.3 is 28.4 Å². The first-order valence-electron chi connectivity index (χ1n) is 17.8. The molecular weight excluding hydrogens is 646 g/mol. The summed E-state index contributed by atoms with van der Waals surface area (Å²) in [5.41, 5.74) is 3.96. The summed E-state index contributed by atoms with van der Waals surface area (Å²) in [5, 5.41) is 1.73. The topological polar surface area (TPSA) is 84.9 Å². The van der Waals surface area contributed by atoms with Crippen molar-refractivity contribution in [2.45, 2.75) is 82.4 Å². The zero-order chi connectivity index (χ0) is 35.5. The molecule has 2 fully saturated rings. The van der Waals surface area contributed by atoms with E-state index in [2.05, 4.69) is 6.92 Å². The Morgan fingerprint density at radius 2 is 1.16 bits per heavy atom. The number of methoxy groups -OCH3 is 1. The zero-order valence-electron chi connectivity index (χ0n) is 29.7. The number of carbonyl (C=O) groups is 1. The van der Waals surface area contributed by atoms with E-state index < -0.39 is 42.1 Å². The van der Waals surface area contributed by atoms with E-state index in [0.717, 1.165) is 28.7 Å². The van der Waals surface area contributed by atoms with Crippen LogP contribution in [0, 0.1) is 5.92 Å². The molecule has 2 aliphatic rings. The van der Waals surface area contributed by atoms with Crippen molar-refractivity contribution < 1.29 is 38.1 Å². The molecule has 0 radical (unpaired) electrons. The lowest BCUT2D eigenvalue weighted by Gasteiger charge is -2.51. The molecule has 0 saturated carbocycles. The average molecular weight is 696 g/mol. The molecule has 0 amide bonds. The number of rotatable bonds is 16. The highest BCUT2D eigenvalue weighted by atomic mass is 16.8. The Balaban J connectivity index is 1.43. The number of hydrogen-bond donors (Lipinski definition) is 0. The highest BCUT2D eigenvalue weighted by molar-refractivity contribution is 5.75. The van der Waals surface area contributed by atoms with Gasteiger partial charge in [-0.15, -0.1) is 0 Å². The van der Waals surface area contributed by atoms with Crippen LogP contribution in [0.25, 0.3) is 0 Å². The van der Waals surface area contributed by atoms with Gasteiger partial charge in [-0.1, -0.05) is 135 Å². The average Bonchev–Trinajstić information content (AvgIpc) is 3.44. The van der Waals surface area contributed by atoms with Crippen LogP contribution in [0.5, 0.6) is 0 Å². The van der Waals surface area contributed by atoms with E-state index in [-0.39, 0.29) is 25.9 Å². The number of carbonyl (C=O) groups excluding carboxylic acids is 1. The summed E-state index contributed by atoms with van der Waals surface area (Å²) in [6, 6.07) is 39.5. The van der Waals surface area contributed by atoms with Crippen molar-refractivity contribution in [2.75, 3.05) is 20.8 Å².